The Morgan fingerprint density at radius 3 is 1.57 bits per heavy atom. The number of nitrogens with zero attached hydrogens (tertiary/aromatic N) is 3. The summed E-state index contributed by atoms with van der Waals surface area (Å²) in [5.41, 5.74) is 27.1. The van der Waals surface area contributed by atoms with Crippen LogP contribution in [0.15, 0.2) is 217 Å². The number of hydrogen-bond acceptors (Lipinski definition) is 4. The maximum absolute atomic E-state index is 6.85. The fraction of sp³-hybridized carbons (Fsp3) is 0.200. The molecule has 11 aromatic rings. The van der Waals surface area contributed by atoms with E-state index in [2.05, 4.69) is 303 Å². The summed E-state index contributed by atoms with van der Waals surface area (Å²) in [6.07, 6.45) is 0. The van der Waals surface area contributed by atoms with Gasteiger partial charge in [-0.25, -0.2) is 0 Å². The van der Waals surface area contributed by atoms with E-state index in [0.29, 0.717) is 0 Å². The second-order valence-electron chi connectivity index (χ2n) is 26.3. The van der Waals surface area contributed by atoms with Crippen LogP contribution in [0.1, 0.15) is 104 Å². The molecule has 0 spiro atoms. The van der Waals surface area contributed by atoms with Crippen molar-refractivity contribution < 1.29 is 4.42 Å². The molecule has 3 aliphatic rings. The van der Waals surface area contributed by atoms with Gasteiger partial charge in [-0.05, 0) is 162 Å². The summed E-state index contributed by atoms with van der Waals surface area (Å²) < 4.78 is 6.85. The van der Waals surface area contributed by atoms with Crippen molar-refractivity contribution in [2.24, 2.45) is 0 Å². The lowest BCUT2D eigenvalue weighted by molar-refractivity contribution is 0.590. The first-order chi connectivity index (χ1) is 38.3. The Bertz CT molecular complexity index is 4200. The van der Waals surface area contributed by atoms with Gasteiger partial charge in [0.2, 0.25) is 0 Å². The van der Waals surface area contributed by atoms with Gasteiger partial charge in [0.15, 0.2) is 0 Å². The quantitative estimate of drug-likeness (QED) is 0.155. The Hall–Kier alpha value is -8.54. The zero-order chi connectivity index (χ0) is 55.2. The van der Waals surface area contributed by atoms with Gasteiger partial charge in [0.25, 0.3) is 6.71 Å². The number of benzene rings is 10. The van der Waals surface area contributed by atoms with Gasteiger partial charge >= 0.3 is 0 Å². The highest BCUT2D eigenvalue weighted by molar-refractivity contribution is 7.00. The molecule has 3 heterocycles. The third kappa shape index (κ3) is 7.87. The fourth-order valence-corrected chi connectivity index (χ4v) is 13.3. The first-order valence-electron chi connectivity index (χ1n) is 28.6. The standard InChI is InChI=1S/C75H68BN3O/c1-72(2,3)49-27-33-52(34-28-49)77(53-35-29-50(30-36-53)73(4,5)6)56-38-40-63-65(44-56)78(54-31-25-48(26-32-54)47-19-13-12-14-20-47)67-41-51(74(7,8)9)42-68-71(67)76(63)64-45-60-59-22-16-18-24-69(59)80-70(60)46-66(64)79(68)55-37-39-58-57-21-15-17-23-61(57)75(10,11)62(58)43-55/h12-46H,1-11H3. The molecule has 0 saturated heterocycles. The number of fused-ring (bicyclic) bond motifs is 10. The molecule has 0 atom stereocenters. The number of anilines is 9. The van der Waals surface area contributed by atoms with Gasteiger partial charge in [-0.1, -0.05) is 204 Å². The van der Waals surface area contributed by atoms with E-state index in [1.807, 2.05) is 0 Å². The lowest BCUT2D eigenvalue weighted by Crippen LogP contribution is -2.61. The summed E-state index contributed by atoms with van der Waals surface area (Å²) in [5.74, 6) is 0. The molecular weight excluding hydrogens is 970 g/mol. The predicted octanol–water partition coefficient (Wildman–Crippen LogP) is 19.0. The third-order valence-electron chi connectivity index (χ3n) is 17.7. The Balaban J connectivity index is 1.06. The highest BCUT2D eigenvalue weighted by Gasteiger charge is 2.46. The van der Waals surface area contributed by atoms with Crippen LogP contribution in [-0.4, -0.2) is 6.71 Å². The predicted molar refractivity (Wildman–Crippen MR) is 342 cm³/mol. The summed E-state index contributed by atoms with van der Waals surface area (Å²) in [6, 6.07) is 80.3. The van der Waals surface area contributed by atoms with E-state index < -0.39 is 0 Å². The van der Waals surface area contributed by atoms with Crippen LogP contribution >= 0.6 is 0 Å². The minimum atomic E-state index is -0.197. The van der Waals surface area contributed by atoms with Crippen LogP contribution in [0.4, 0.5) is 51.2 Å². The summed E-state index contributed by atoms with van der Waals surface area (Å²) in [5, 5.41) is 2.25. The molecule has 0 fully saturated rings. The maximum Gasteiger partial charge on any atom is 0.252 e. The minimum Gasteiger partial charge on any atom is -0.456 e. The van der Waals surface area contributed by atoms with E-state index in [1.54, 1.807) is 0 Å². The summed E-state index contributed by atoms with van der Waals surface area (Å²) in [4.78, 5) is 7.61. The van der Waals surface area contributed by atoms with E-state index >= 15 is 0 Å². The molecule has 392 valence electrons. The van der Waals surface area contributed by atoms with E-state index in [-0.39, 0.29) is 28.4 Å². The van der Waals surface area contributed by atoms with Crippen molar-refractivity contribution in [2.75, 3.05) is 14.7 Å². The zero-order valence-electron chi connectivity index (χ0n) is 48.0. The molecular formula is C75H68BN3O. The second kappa shape index (κ2) is 17.7. The van der Waals surface area contributed by atoms with Crippen molar-refractivity contribution in [1.82, 2.24) is 0 Å². The molecule has 0 unspecified atom stereocenters. The van der Waals surface area contributed by atoms with E-state index in [4.69, 9.17) is 4.42 Å². The Kier molecular flexibility index (Phi) is 11.0. The molecule has 0 radical (unpaired) electrons. The van der Waals surface area contributed by atoms with E-state index in [1.165, 1.54) is 77.8 Å². The van der Waals surface area contributed by atoms with Crippen molar-refractivity contribution in [3.8, 4) is 22.3 Å². The molecule has 0 N–H and O–H groups in total. The summed E-state index contributed by atoms with van der Waals surface area (Å²) in [6.45, 7) is 25.5. The molecule has 10 aromatic carbocycles. The van der Waals surface area contributed by atoms with Crippen LogP contribution in [-0.2, 0) is 21.7 Å². The highest BCUT2D eigenvalue weighted by atomic mass is 16.3. The van der Waals surface area contributed by atoms with Crippen LogP contribution in [0.25, 0.3) is 44.2 Å². The molecule has 14 rings (SSSR count). The van der Waals surface area contributed by atoms with E-state index in [0.717, 1.165) is 61.8 Å². The molecule has 5 heteroatoms. The molecule has 1 aliphatic carbocycles. The second-order valence-corrected chi connectivity index (χ2v) is 26.3. The molecule has 80 heavy (non-hydrogen) atoms. The topological polar surface area (TPSA) is 22.9 Å². The van der Waals surface area contributed by atoms with Crippen LogP contribution in [0.3, 0.4) is 0 Å². The van der Waals surface area contributed by atoms with Crippen molar-refractivity contribution in [3.05, 3.63) is 240 Å². The van der Waals surface area contributed by atoms with Crippen molar-refractivity contribution in [1.29, 1.82) is 0 Å². The molecule has 4 nitrogen and oxygen atoms in total. The highest BCUT2D eigenvalue weighted by Crippen LogP contribution is 2.53. The van der Waals surface area contributed by atoms with Gasteiger partial charge in [-0.2, -0.15) is 0 Å². The summed E-state index contributed by atoms with van der Waals surface area (Å²) in [7, 11) is 0. The van der Waals surface area contributed by atoms with Crippen molar-refractivity contribution in [2.45, 2.75) is 97.8 Å². The lowest BCUT2D eigenvalue weighted by Gasteiger charge is -2.45. The monoisotopic (exact) mass is 1040 g/mol. The Morgan fingerprint density at radius 1 is 0.388 bits per heavy atom. The minimum absolute atomic E-state index is 0.0153. The van der Waals surface area contributed by atoms with Gasteiger partial charge in [-0.3, -0.25) is 0 Å². The summed E-state index contributed by atoms with van der Waals surface area (Å²) >= 11 is 0. The number of furan rings is 1. The fourth-order valence-electron chi connectivity index (χ4n) is 13.3. The Labute approximate surface area is 473 Å². The van der Waals surface area contributed by atoms with Gasteiger partial charge in [0.1, 0.15) is 11.2 Å². The van der Waals surface area contributed by atoms with Crippen molar-refractivity contribution in [3.63, 3.8) is 0 Å². The van der Waals surface area contributed by atoms with Crippen molar-refractivity contribution >= 4 is 96.2 Å². The zero-order valence-corrected chi connectivity index (χ0v) is 48.0. The first-order valence-corrected chi connectivity index (χ1v) is 28.6. The smallest absolute Gasteiger partial charge is 0.252 e. The SMILES string of the molecule is CC(C)(C)c1ccc(N(c2ccc(C(C)(C)C)cc2)c2ccc3c(c2)N(c2ccc(-c4ccccc4)cc2)c2cc(C(C)(C)C)cc4c2B3c2cc3c(cc2N4c2ccc4c(c2)C(C)(C)c2ccccc2-4)oc2ccccc23)cc1. The largest absolute Gasteiger partial charge is 0.456 e. The number of hydrogen-bond donors (Lipinski definition) is 0. The third-order valence-corrected chi connectivity index (χ3v) is 17.7. The van der Waals surface area contributed by atoms with Gasteiger partial charge in [0.05, 0.1) is 0 Å². The van der Waals surface area contributed by atoms with Gasteiger partial charge < -0.3 is 19.1 Å². The average Bonchev–Trinajstić information content (AvgIpc) is 4.00. The molecule has 0 saturated carbocycles. The van der Waals surface area contributed by atoms with Crippen LogP contribution in [0.5, 0.6) is 0 Å². The first kappa shape index (κ1) is 49.7. The number of para-hydroxylation sites is 1. The normalized spacial score (nSPS) is 14.2. The van der Waals surface area contributed by atoms with Crippen LogP contribution < -0.4 is 31.1 Å². The molecule has 0 amide bonds. The average molecular weight is 1040 g/mol. The van der Waals surface area contributed by atoms with Gasteiger partial charge in [-0.15, -0.1) is 0 Å². The van der Waals surface area contributed by atoms with E-state index in [9.17, 15) is 0 Å². The number of rotatable bonds is 6. The lowest BCUT2D eigenvalue weighted by atomic mass is 9.33. The molecule has 0 bridgehead atoms. The molecule has 2 aliphatic heterocycles. The van der Waals surface area contributed by atoms with Crippen LogP contribution in [0.2, 0.25) is 0 Å². The Morgan fingerprint density at radius 2 is 0.925 bits per heavy atom. The maximum atomic E-state index is 6.85. The molecule has 1 aromatic heterocycles. The van der Waals surface area contributed by atoms with Crippen LogP contribution in [0, 0.1) is 0 Å². The van der Waals surface area contributed by atoms with Gasteiger partial charge in [0, 0.05) is 73.4 Å².